The molecule has 0 aromatic carbocycles. The van der Waals surface area contributed by atoms with Crippen LogP contribution in [0.25, 0.3) is 0 Å². The van der Waals surface area contributed by atoms with Crippen LogP contribution in [-0.2, 0) is 0 Å². The van der Waals surface area contributed by atoms with Crippen molar-refractivity contribution in [3.8, 4) is 0 Å². The van der Waals surface area contributed by atoms with Gasteiger partial charge in [-0.3, -0.25) is 0 Å². The molecule has 0 aliphatic carbocycles. The summed E-state index contributed by atoms with van der Waals surface area (Å²) in [5, 5.41) is 3.43. The molecule has 0 radical (unpaired) electrons. The maximum absolute atomic E-state index is 6.14. The van der Waals surface area contributed by atoms with Gasteiger partial charge in [-0.25, -0.2) is 4.99 Å². The monoisotopic (exact) mass is 297 g/mol. The van der Waals surface area contributed by atoms with Gasteiger partial charge in [0.1, 0.15) is 0 Å². The fourth-order valence-electron chi connectivity index (χ4n) is 2.35. The van der Waals surface area contributed by atoms with E-state index in [1.807, 2.05) is 0 Å². The van der Waals surface area contributed by atoms with Gasteiger partial charge in [0, 0.05) is 5.54 Å². The maximum atomic E-state index is 6.14. The van der Waals surface area contributed by atoms with Gasteiger partial charge in [-0.1, -0.05) is 47.5 Å². The Morgan fingerprint density at radius 1 is 0.857 bits per heavy atom. The van der Waals surface area contributed by atoms with Gasteiger partial charge in [-0.2, -0.15) is 0 Å². The van der Waals surface area contributed by atoms with E-state index in [0.717, 1.165) is 19.3 Å². The lowest BCUT2D eigenvalue weighted by Gasteiger charge is -2.34. The summed E-state index contributed by atoms with van der Waals surface area (Å²) in [7, 11) is 0. The van der Waals surface area contributed by atoms with E-state index in [9.17, 15) is 0 Å². The van der Waals surface area contributed by atoms with E-state index in [0.29, 0.717) is 11.4 Å². The molecule has 0 bridgehead atoms. The minimum Gasteiger partial charge on any atom is -0.370 e. The summed E-state index contributed by atoms with van der Waals surface area (Å²) in [6, 6.07) is 0. The van der Waals surface area contributed by atoms with Gasteiger partial charge in [0.05, 0.1) is 5.54 Å². The van der Waals surface area contributed by atoms with Gasteiger partial charge in [0.25, 0.3) is 0 Å². The minimum absolute atomic E-state index is 0.0123. The molecular formula is C18H39N3. The van der Waals surface area contributed by atoms with E-state index in [1.54, 1.807) is 0 Å². The summed E-state index contributed by atoms with van der Waals surface area (Å²) < 4.78 is 0. The first-order chi connectivity index (χ1) is 9.55. The molecule has 0 fully saturated rings. The Balaban J connectivity index is 4.70. The van der Waals surface area contributed by atoms with Crippen LogP contribution in [0.3, 0.4) is 0 Å². The SMILES string of the molecule is CCC(C)(CC)CCC(C)(C)NC(N)=NC(C)(CC)CC. The topological polar surface area (TPSA) is 50.4 Å². The highest BCUT2D eigenvalue weighted by Gasteiger charge is 2.26. The standard InChI is InChI=1S/C18H39N3/c1-9-17(7,10-2)14-13-16(5,6)20-15(19)21-18(8,11-3)12-4/h9-14H2,1-8H3,(H3,19,20,21). The van der Waals surface area contributed by atoms with Crippen molar-refractivity contribution < 1.29 is 0 Å². The third-order valence-electron chi connectivity index (χ3n) is 5.44. The predicted molar refractivity (Wildman–Crippen MR) is 95.7 cm³/mol. The zero-order valence-corrected chi connectivity index (χ0v) is 15.8. The van der Waals surface area contributed by atoms with Gasteiger partial charge in [-0.05, 0) is 51.9 Å². The number of hydrogen-bond donors (Lipinski definition) is 2. The van der Waals surface area contributed by atoms with Crippen molar-refractivity contribution in [3.63, 3.8) is 0 Å². The Kier molecular flexibility index (Phi) is 7.77. The molecule has 0 aliphatic rings. The largest absolute Gasteiger partial charge is 0.370 e. The Morgan fingerprint density at radius 2 is 1.33 bits per heavy atom. The van der Waals surface area contributed by atoms with Gasteiger partial charge >= 0.3 is 0 Å². The lowest BCUT2D eigenvalue weighted by Crippen LogP contribution is -2.48. The van der Waals surface area contributed by atoms with Crippen molar-refractivity contribution in [1.82, 2.24) is 5.32 Å². The molecule has 3 N–H and O–H groups in total. The molecule has 0 atom stereocenters. The molecule has 0 spiro atoms. The van der Waals surface area contributed by atoms with Crippen molar-refractivity contribution in [2.24, 2.45) is 16.1 Å². The third kappa shape index (κ3) is 7.19. The molecule has 0 aliphatic heterocycles. The van der Waals surface area contributed by atoms with Crippen molar-refractivity contribution >= 4 is 5.96 Å². The molecule has 0 saturated heterocycles. The van der Waals surface area contributed by atoms with Crippen molar-refractivity contribution in [2.45, 2.75) is 105 Å². The second-order valence-electron chi connectivity index (χ2n) is 7.73. The van der Waals surface area contributed by atoms with Crippen LogP contribution in [0.5, 0.6) is 0 Å². The lowest BCUT2D eigenvalue weighted by molar-refractivity contribution is 0.233. The van der Waals surface area contributed by atoms with Crippen LogP contribution in [0.4, 0.5) is 0 Å². The number of guanidine groups is 1. The predicted octanol–water partition coefficient (Wildman–Crippen LogP) is 4.85. The van der Waals surface area contributed by atoms with E-state index in [2.05, 4.69) is 60.7 Å². The molecule has 0 heterocycles. The fraction of sp³-hybridized carbons (Fsp3) is 0.944. The average Bonchev–Trinajstić information content (AvgIpc) is 2.44. The maximum Gasteiger partial charge on any atom is 0.189 e. The van der Waals surface area contributed by atoms with Crippen LogP contribution in [0.15, 0.2) is 4.99 Å². The fourth-order valence-corrected chi connectivity index (χ4v) is 2.35. The Morgan fingerprint density at radius 3 is 1.71 bits per heavy atom. The summed E-state index contributed by atoms with van der Waals surface area (Å²) in [4.78, 5) is 4.70. The second kappa shape index (κ2) is 8.05. The van der Waals surface area contributed by atoms with Crippen LogP contribution >= 0.6 is 0 Å². The van der Waals surface area contributed by atoms with Gasteiger partial charge in [0.15, 0.2) is 5.96 Å². The lowest BCUT2D eigenvalue weighted by atomic mass is 9.77. The number of nitrogens with zero attached hydrogens (tertiary/aromatic N) is 1. The number of aliphatic imine (C=N–C) groups is 1. The van der Waals surface area contributed by atoms with E-state index in [-0.39, 0.29) is 11.1 Å². The zero-order chi connectivity index (χ0) is 16.7. The quantitative estimate of drug-likeness (QED) is 0.472. The van der Waals surface area contributed by atoms with Crippen molar-refractivity contribution in [1.29, 1.82) is 0 Å². The van der Waals surface area contributed by atoms with Crippen LogP contribution in [0.1, 0.15) is 93.9 Å². The minimum atomic E-state index is -0.0471. The van der Waals surface area contributed by atoms with E-state index < -0.39 is 0 Å². The number of nitrogens with one attached hydrogen (secondary N) is 1. The van der Waals surface area contributed by atoms with Crippen LogP contribution < -0.4 is 11.1 Å². The van der Waals surface area contributed by atoms with Gasteiger partial charge < -0.3 is 11.1 Å². The zero-order valence-electron chi connectivity index (χ0n) is 15.8. The molecule has 0 saturated carbocycles. The molecule has 0 aromatic rings. The molecule has 21 heavy (non-hydrogen) atoms. The highest BCUT2D eigenvalue weighted by molar-refractivity contribution is 5.79. The van der Waals surface area contributed by atoms with E-state index in [4.69, 9.17) is 10.7 Å². The van der Waals surface area contributed by atoms with Crippen LogP contribution in [0, 0.1) is 5.41 Å². The first-order valence-electron chi connectivity index (χ1n) is 8.69. The van der Waals surface area contributed by atoms with Crippen LogP contribution in [0.2, 0.25) is 0 Å². The summed E-state index contributed by atoms with van der Waals surface area (Å²) in [5.41, 5.74) is 6.52. The molecular weight excluding hydrogens is 258 g/mol. The number of rotatable bonds is 9. The van der Waals surface area contributed by atoms with Crippen molar-refractivity contribution in [2.75, 3.05) is 0 Å². The molecule has 126 valence electrons. The molecule has 0 rings (SSSR count). The first-order valence-corrected chi connectivity index (χ1v) is 8.69. The highest BCUT2D eigenvalue weighted by atomic mass is 15.1. The summed E-state index contributed by atoms with van der Waals surface area (Å²) >= 11 is 0. The number of nitrogens with two attached hydrogens (primary N) is 1. The van der Waals surface area contributed by atoms with Crippen molar-refractivity contribution in [3.05, 3.63) is 0 Å². The average molecular weight is 298 g/mol. The smallest absolute Gasteiger partial charge is 0.189 e. The Hall–Kier alpha value is -0.730. The van der Waals surface area contributed by atoms with E-state index >= 15 is 0 Å². The molecule has 0 aromatic heterocycles. The normalized spacial score (nSPS) is 14.4. The van der Waals surface area contributed by atoms with Gasteiger partial charge in [0.2, 0.25) is 0 Å². The Labute approximate surface area is 133 Å². The molecule has 0 amide bonds. The second-order valence-corrected chi connectivity index (χ2v) is 7.73. The summed E-state index contributed by atoms with van der Waals surface area (Å²) in [6.45, 7) is 17.9. The third-order valence-corrected chi connectivity index (χ3v) is 5.44. The molecule has 3 heteroatoms. The van der Waals surface area contributed by atoms with E-state index in [1.165, 1.54) is 19.3 Å². The summed E-state index contributed by atoms with van der Waals surface area (Å²) in [6.07, 6.45) is 6.80. The first kappa shape index (κ1) is 20.3. The van der Waals surface area contributed by atoms with Gasteiger partial charge in [-0.15, -0.1) is 0 Å². The highest BCUT2D eigenvalue weighted by Crippen LogP contribution is 2.33. The number of hydrogen-bond acceptors (Lipinski definition) is 1. The molecule has 3 nitrogen and oxygen atoms in total. The molecule has 0 unspecified atom stereocenters. The Bertz CT molecular complexity index is 323. The van der Waals surface area contributed by atoms with Crippen LogP contribution in [-0.4, -0.2) is 17.0 Å². The summed E-state index contributed by atoms with van der Waals surface area (Å²) in [5.74, 6) is 0.584.